The maximum Gasteiger partial charge on any atom is 0.339 e. The highest BCUT2D eigenvalue weighted by Gasteiger charge is 2.18. The van der Waals surface area contributed by atoms with Gasteiger partial charge in [-0.15, -0.1) is 0 Å². The van der Waals surface area contributed by atoms with Crippen LogP contribution in [0.25, 0.3) is 0 Å². The fourth-order valence-corrected chi connectivity index (χ4v) is 1.84. The zero-order valence-electron chi connectivity index (χ0n) is 12.2. The number of carbonyl (C=O) groups is 2. The lowest BCUT2D eigenvalue weighted by atomic mass is 10.1. The van der Waals surface area contributed by atoms with Gasteiger partial charge in [-0.05, 0) is 26.0 Å². The summed E-state index contributed by atoms with van der Waals surface area (Å²) in [5.41, 5.74) is 0.981. The van der Waals surface area contributed by atoms with E-state index in [4.69, 9.17) is 5.11 Å². The molecule has 20 heavy (non-hydrogen) atoms. The highest BCUT2D eigenvalue weighted by molar-refractivity contribution is 5.90. The van der Waals surface area contributed by atoms with Gasteiger partial charge in [0, 0.05) is 13.1 Å². The fraction of sp³-hybridized carbons (Fsp3) is 0.500. The summed E-state index contributed by atoms with van der Waals surface area (Å²) in [5.74, 6) is -1.10. The normalized spacial score (nSPS) is 11.8. The number of aryl methyl sites for hydroxylation is 1. The first-order valence-corrected chi connectivity index (χ1v) is 6.44. The van der Waals surface area contributed by atoms with E-state index in [-0.39, 0.29) is 0 Å². The Labute approximate surface area is 118 Å². The van der Waals surface area contributed by atoms with Crippen LogP contribution in [0.15, 0.2) is 12.1 Å². The quantitative estimate of drug-likeness (QED) is 0.799. The molecule has 0 aromatic carbocycles. The Hall–Kier alpha value is -2.11. The second kappa shape index (κ2) is 6.88. The molecule has 0 amide bonds. The van der Waals surface area contributed by atoms with Crippen LogP contribution < -0.4 is 4.90 Å². The van der Waals surface area contributed by atoms with Crippen molar-refractivity contribution in [2.45, 2.75) is 20.8 Å². The average molecular weight is 280 g/mol. The van der Waals surface area contributed by atoms with Gasteiger partial charge in [-0.2, -0.15) is 0 Å². The van der Waals surface area contributed by atoms with Crippen LogP contribution in [0, 0.1) is 12.8 Å². The van der Waals surface area contributed by atoms with Gasteiger partial charge in [-0.25, -0.2) is 9.78 Å². The standard InChI is InChI=1S/C14H20N2O4/c1-5-16(8-9(2)13(17)18)12-7-6-11(10(3)15-12)14(19)20-4/h6-7,9H,5,8H2,1-4H3,(H,17,18). The van der Waals surface area contributed by atoms with E-state index >= 15 is 0 Å². The van der Waals surface area contributed by atoms with Crippen molar-refractivity contribution in [1.82, 2.24) is 4.98 Å². The van der Waals surface area contributed by atoms with Crippen LogP contribution in [0.1, 0.15) is 29.9 Å². The van der Waals surface area contributed by atoms with Gasteiger partial charge in [-0.3, -0.25) is 4.79 Å². The summed E-state index contributed by atoms with van der Waals surface area (Å²) in [6.07, 6.45) is 0. The third-order valence-corrected chi connectivity index (χ3v) is 3.10. The van der Waals surface area contributed by atoms with E-state index in [1.807, 2.05) is 11.8 Å². The number of carboxylic acids is 1. The summed E-state index contributed by atoms with van der Waals surface area (Å²) in [6.45, 7) is 6.32. The topological polar surface area (TPSA) is 79.7 Å². The predicted molar refractivity (Wildman–Crippen MR) is 75.0 cm³/mol. The van der Waals surface area contributed by atoms with E-state index < -0.39 is 17.9 Å². The molecule has 0 saturated carbocycles. The molecule has 0 aliphatic heterocycles. The molecule has 6 heteroatoms. The van der Waals surface area contributed by atoms with Crippen LogP contribution in [-0.2, 0) is 9.53 Å². The maximum absolute atomic E-state index is 11.5. The molecule has 0 aliphatic rings. The summed E-state index contributed by atoms with van der Waals surface area (Å²) >= 11 is 0. The van der Waals surface area contributed by atoms with E-state index in [9.17, 15) is 9.59 Å². The monoisotopic (exact) mass is 280 g/mol. The van der Waals surface area contributed by atoms with E-state index in [1.54, 1.807) is 26.0 Å². The lowest BCUT2D eigenvalue weighted by Gasteiger charge is -2.24. The van der Waals surface area contributed by atoms with Gasteiger partial charge in [-0.1, -0.05) is 6.92 Å². The third-order valence-electron chi connectivity index (χ3n) is 3.10. The molecule has 0 aliphatic carbocycles. The number of carbonyl (C=O) groups excluding carboxylic acids is 1. The summed E-state index contributed by atoms with van der Waals surface area (Å²) in [7, 11) is 1.32. The van der Waals surface area contributed by atoms with Gasteiger partial charge in [0.15, 0.2) is 0 Å². The number of ether oxygens (including phenoxy) is 1. The fourth-order valence-electron chi connectivity index (χ4n) is 1.84. The van der Waals surface area contributed by atoms with Crippen molar-refractivity contribution < 1.29 is 19.4 Å². The van der Waals surface area contributed by atoms with Crippen molar-refractivity contribution in [2.75, 3.05) is 25.1 Å². The van der Waals surface area contributed by atoms with Crippen LogP contribution in [0.5, 0.6) is 0 Å². The largest absolute Gasteiger partial charge is 0.481 e. The molecule has 1 aromatic rings. The van der Waals surface area contributed by atoms with E-state index in [0.29, 0.717) is 30.2 Å². The van der Waals surface area contributed by atoms with E-state index in [0.717, 1.165) is 0 Å². The molecule has 1 unspecified atom stereocenters. The number of anilines is 1. The van der Waals surface area contributed by atoms with Crippen molar-refractivity contribution in [3.05, 3.63) is 23.4 Å². The summed E-state index contributed by atoms with van der Waals surface area (Å²) < 4.78 is 4.67. The molecule has 110 valence electrons. The SMILES string of the molecule is CCN(CC(C)C(=O)O)c1ccc(C(=O)OC)c(C)n1. The Morgan fingerprint density at radius 2 is 2.10 bits per heavy atom. The summed E-state index contributed by atoms with van der Waals surface area (Å²) in [4.78, 5) is 28.6. The Kier molecular flexibility index (Phi) is 5.49. The molecule has 0 bridgehead atoms. The Morgan fingerprint density at radius 3 is 2.55 bits per heavy atom. The number of aromatic nitrogens is 1. The summed E-state index contributed by atoms with van der Waals surface area (Å²) in [6, 6.07) is 3.36. The molecule has 1 heterocycles. The second-order valence-electron chi connectivity index (χ2n) is 4.57. The summed E-state index contributed by atoms with van der Waals surface area (Å²) in [5, 5.41) is 8.97. The number of rotatable bonds is 6. The van der Waals surface area contributed by atoms with Crippen LogP contribution in [-0.4, -0.2) is 42.2 Å². The number of hydrogen-bond acceptors (Lipinski definition) is 5. The lowest BCUT2D eigenvalue weighted by Crippen LogP contribution is -2.32. The second-order valence-corrected chi connectivity index (χ2v) is 4.57. The zero-order chi connectivity index (χ0) is 15.3. The maximum atomic E-state index is 11.5. The number of methoxy groups -OCH3 is 1. The van der Waals surface area contributed by atoms with Gasteiger partial charge < -0.3 is 14.7 Å². The third kappa shape index (κ3) is 3.69. The van der Waals surface area contributed by atoms with Crippen LogP contribution in [0.2, 0.25) is 0 Å². The lowest BCUT2D eigenvalue weighted by molar-refractivity contribution is -0.140. The number of carboxylic acid groups (broad SMARTS) is 1. The average Bonchev–Trinajstić information content (AvgIpc) is 2.43. The minimum absolute atomic E-state index is 0.371. The molecule has 1 atom stereocenters. The minimum Gasteiger partial charge on any atom is -0.481 e. The van der Waals surface area contributed by atoms with E-state index in [1.165, 1.54) is 7.11 Å². The number of aliphatic carboxylic acids is 1. The first-order chi connectivity index (χ1) is 9.40. The van der Waals surface area contributed by atoms with Crippen LogP contribution in [0.4, 0.5) is 5.82 Å². The molecule has 6 nitrogen and oxygen atoms in total. The molecule has 0 fully saturated rings. The first-order valence-electron chi connectivity index (χ1n) is 6.44. The molecule has 0 radical (unpaired) electrons. The van der Waals surface area contributed by atoms with Crippen molar-refractivity contribution in [3.8, 4) is 0 Å². The van der Waals surface area contributed by atoms with Gasteiger partial charge in [0.05, 0.1) is 24.3 Å². The van der Waals surface area contributed by atoms with Gasteiger partial charge in [0.25, 0.3) is 0 Å². The van der Waals surface area contributed by atoms with Gasteiger partial charge in [0.1, 0.15) is 5.82 Å². The highest BCUT2D eigenvalue weighted by Crippen LogP contribution is 2.17. The Morgan fingerprint density at radius 1 is 1.45 bits per heavy atom. The Balaban J connectivity index is 2.97. The zero-order valence-corrected chi connectivity index (χ0v) is 12.2. The predicted octanol–water partition coefficient (Wildman–Crippen LogP) is 1.72. The minimum atomic E-state index is -0.841. The van der Waals surface area contributed by atoms with Crippen LogP contribution >= 0.6 is 0 Å². The smallest absolute Gasteiger partial charge is 0.339 e. The first kappa shape index (κ1) is 15.9. The van der Waals surface area contributed by atoms with Gasteiger partial charge in [0.2, 0.25) is 0 Å². The van der Waals surface area contributed by atoms with Gasteiger partial charge >= 0.3 is 11.9 Å². The number of esters is 1. The number of pyridine rings is 1. The van der Waals surface area contributed by atoms with Crippen LogP contribution in [0.3, 0.4) is 0 Å². The van der Waals surface area contributed by atoms with Crippen molar-refractivity contribution in [3.63, 3.8) is 0 Å². The molecule has 0 spiro atoms. The molecule has 1 N–H and O–H groups in total. The van der Waals surface area contributed by atoms with Crippen molar-refractivity contribution >= 4 is 17.8 Å². The van der Waals surface area contributed by atoms with Crippen molar-refractivity contribution in [2.24, 2.45) is 5.92 Å². The Bertz CT molecular complexity index is 502. The van der Waals surface area contributed by atoms with Crippen molar-refractivity contribution in [1.29, 1.82) is 0 Å². The van der Waals surface area contributed by atoms with E-state index in [2.05, 4.69) is 9.72 Å². The highest BCUT2D eigenvalue weighted by atomic mass is 16.5. The molecular weight excluding hydrogens is 260 g/mol. The molecular formula is C14H20N2O4. The number of hydrogen-bond donors (Lipinski definition) is 1. The molecule has 1 rings (SSSR count). The number of nitrogens with zero attached hydrogens (tertiary/aromatic N) is 2. The molecule has 0 saturated heterocycles. The molecule has 1 aromatic heterocycles.